The van der Waals surface area contributed by atoms with Crippen LogP contribution in [0, 0.1) is 17.6 Å². The average Bonchev–Trinajstić information content (AvgIpc) is 2.52. The van der Waals surface area contributed by atoms with Crippen LogP contribution in [-0.4, -0.2) is 41.6 Å². The number of hydrogen-bond donors (Lipinski definition) is 1. The van der Waals surface area contributed by atoms with Gasteiger partial charge in [0.2, 0.25) is 0 Å². The van der Waals surface area contributed by atoms with Gasteiger partial charge in [0.15, 0.2) is 18.2 Å². The summed E-state index contributed by atoms with van der Waals surface area (Å²) >= 11 is 0. The number of nitrogens with zero attached hydrogens (tertiary/aromatic N) is 1. The van der Waals surface area contributed by atoms with Crippen LogP contribution >= 0.6 is 0 Å². The highest BCUT2D eigenvalue weighted by molar-refractivity contribution is 5.77. The molecule has 0 unspecified atom stereocenters. The van der Waals surface area contributed by atoms with Gasteiger partial charge in [-0.15, -0.1) is 0 Å². The number of carboxylic acid groups (broad SMARTS) is 1. The topological polar surface area (TPSA) is 66.8 Å². The monoisotopic (exact) mass is 327 g/mol. The van der Waals surface area contributed by atoms with Crippen molar-refractivity contribution >= 4 is 11.9 Å². The zero-order valence-corrected chi connectivity index (χ0v) is 12.6. The van der Waals surface area contributed by atoms with E-state index in [1.54, 1.807) is 4.90 Å². The van der Waals surface area contributed by atoms with E-state index >= 15 is 0 Å². The van der Waals surface area contributed by atoms with Crippen LogP contribution in [0.15, 0.2) is 18.2 Å². The molecule has 1 saturated heterocycles. The molecule has 1 amide bonds. The fraction of sp³-hybridized carbons (Fsp3) is 0.500. The molecule has 23 heavy (non-hydrogen) atoms. The number of carboxylic acids is 1. The maximum Gasteiger partial charge on any atom is 0.303 e. The lowest BCUT2D eigenvalue weighted by Crippen LogP contribution is -2.42. The summed E-state index contributed by atoms with van der Waals surface area (Å²) in [5.74, 6) is -2.70. The number of aliphatic carboxylic acids is 1. The van der Waals surface area contributed by atoms with Crippen molar-refractivity contribution in [1.82, 2.24) is 4.90 Å². The highest BCUT2D eigenvalue weighted by Crippen LogP contribution is 2.22. The minimum atomic E-state index is -0.851. The van der Waals surface area contributed by atoms with Gasteiger partial charge in [-0.25, -0.2) is 8.78 Å². The SMILES string of the molecule is O=C(O)CC[C@H]1CCCN(C(=O)COc2ccc(F)cc2F)C1. The summed E-state index contributed by atoms with van der Waals surface area (Å²) in [7, 11) is 0. The van der Waals surface area contributed by atoms with E-state index in [-0.39, 0.29) is 30.6 Å². The maximum atomic E-state index is 13.4. The van der Waals surface area contributed by atoms with E-state index in [4.69, 9.17) is 9.84 Å². The summed E-state index contributed by atoms with van der Waals surface area (Å²) in [5, 5.41) is 8.71. The molecule has 0 aliphatic carbocycles. The summed E-state index contributed by atoms with van der Waals surface area (Å²) in [6, 6.07) is 2.90. The van der Waals surface area contributed by atoms with Crippen molar-refractivity contribution in [3.8, 4) is 5.75 Å². The predicted octanol–water partition coefficient (Wildman–Crippen LogP) is 2.45. The van der Waals surface area contributed by atoms with Gasteiger partial charge in [-0.3, -0.25) is 9.59 Å². The number of piperidine rings is 1. The van der Waals surface area contributed by atoms with Gasteiger partial charge in [0, 0.05) is 25.6 Å². The average molecular weight is 327 g/mol. The number of benzene rings is 1. The lowest BCUT2D eigenvalue weighted by molar-refractivity contribution is -0.137. The second-order valence-electron chi connectivity index (χ2n) is 5.64. The molecular weight excluding hydrogens is 308 g/mol. The van der Waals surface area contributed by atoms with Crippen LogP contribution in [0.1, 0.15) is 25.7 Å². The van der Waals surface area contributed by atoms with Crippen LogP contribution < -0.4 is 4.74 Å². The van der Waals surface area contributed by atoms with Gasteiger partial charge in [-0.2, -0.15) is 0 Å². The molecule has 1 aromatic rings. The minimum Gasteiger partial charge on any atom is -0.481 e. The highest BCUT2D eigenvalue weighted by atomic mass is 19.1. The summed E-state index contributed by atoms with van der Waals surface area (Å²) in [6.45, 7) is 0.743. The van der Waals surface area contributed by atoms with Crippen molar-refractivity contribution in [1.29, 1.82) is 0 Å². The highest BCUT2D eigenvalue weighted by Gasteiger charge is 2.24. The van der Waals surface area contributed by atoms with Crippen molar-refractivity contribution in [2.75, 3.05) is 19.7 Å². The molecule has 0 radical (unpaired) electrons. The normalized spacial score (nSPS) is 17.8. The number of carbonyl (C=O) groups excluding carboxylic acids is 1. The molecule has 1 N–H and O–H groups in total. The predicted molar refractivity (Wildman–Crippen MR) is 78.0 cm³/mol. The summed E-state index contributed by atoms with van der Waals surface area (Å²) in [5.41, 5.74) is 0. The van der Waals surface area contributed by atoms with E-state index in [1.165, 1.54) is 0 Å². The summed E-state index contributed by atoms with van der Waals surface area (Å²) in [6.07, 6.45) is 2.32. The quantitative estimate of drug-likeness (QED) is 0.871. The number of amides is 1. The Balaban J connectivity index is 1.83. The number of hydrogen-bond acceptors (Lipinski definition) is 3. The van der Waals surface area contributed by atoms with Crippen LogP contribution in [0.4, 0.5) is 8.78 Å². The second kappa shape index (κ2) is 7.89. The van der Waals surface area contributed by atoms with Gasteiger partial charge in [0.1, 0.15) is 5.82 Å². The van der Waals surface area contributed by atoms with Crippen LogP contribution in [0.5, 0.6) is 5.75 Å². The van der Waals surface area contributed by atoms with E-state index in [9.17, 15) is 18.4 Å². The van der Waals surface area contributed by atoms with E-state index in [2.05, 4.69) is 0 Å². The molecule has 1 aliphatic heterocycles. The van der Waals surface area contributed by atoms with Crippen molar-refractivity contribution in [3.05, 3.63) is 29.8 Å². The third-order valence-electron chi connectivity index (χ3n) is 3.88. The number of rotatable bonds is 6. The van der Waals surface area contributed by atoms with Gasteiger partial charge in [0.05, 0.1) is 0 Å². The first-order valence-corrected chi connectivity index (χ1v) is 7.53. The van der Waals surface area contributed by atoms with Crippen LogP contribution in [0.25, 0.3) is 0 Å². The first-order valence-electron chi connectivity index (χ1n) is 7.53. The number of ether oxygens (including phenoxy) is 1. The van der Waals surface area contributed by atoms with Crippen molar-refractivity contribution in [2.45, 2.75) is 25.7 Å². The van der Waals surface area contributed by atoms with E-state index in [0.717, 1.165) is 25.0 Å². The molecule has 1 aromatic carbocycles. The van der Waals surface area contributed by atoms with E-state index in [1.807, 2.05) is 0 Å². The standard InChI is InChI=1S/C16H19F2NO4/c17-12-4-5-14(13(18)8-12)23-10-15(20)19-7-1-2-11(9-19)3-6-16(21)22/h4-5,8,11H,1-3,6-7,9-10H2,(H,21,22)/t11-/m1/s1. The molecule has 0 bridgehead atoms. The van der Waals surface area contributed by atoms with Gasteiger partial charge in [-0.1, -0.05) is 0 Å². The van der Waals surface area contributed by atoms with E-state index in [0.29, 0.717) is 25.6 Å². The molecular formula is C16H19F2NO4. The Hall–Kier alpha value is -2.18. The molecule has 2 rings (SSSR count). The molecule has 126 valence electrons. The molecule has 1 atom stereocenters. The van der Waals surface area contributed by atoms with Crippen molar-refractivity contribution < 1.29 is 28.2 Å². The van der Waals surface area contributed by atoms with Gasteiger partial charge in [-0.05, 0) is 37.3 Å². The zero-order chi connectivity index (χ0) is 16.8. The van der Waals surface area contributed by atoms with Gasteiger partial charge < -0.3 is 14.7 Å². The lowest BCUT2D eigenvalue weighted by Gasteiger charge is -2.32. The zero-order valence-electron chi connectivity index (χ0n) is 12.6. The van der Waals surface area contributed by atoms with Crippen molar-refractivity contribution in [2.24, 2.45) is 5.92 Å². The fourth-order valence-corrected chi connectivity index (χ4v) is 2.68. The Kier molecular flexibility index (Phi) is 5.90. The minimum absolute atomic E-state index is 0.0873. The van der Waals surface area contributed by atoms with Crippen molar-refractivity contribution in [3.63, 3.8) is 0 Å². The third kappa shape index (κ3) is 5.19. The first kappa shape index (κ1) is 17.2. The molecule has 1 aliphatic rings. The third-order valence-corrected chi connectivity index (χ3v) is 3.88. The molecule has 7 heteroatoms. The maximum absolute atomic E-state index is 13.4. The Labute approximate surface area is 132 Å². The molecule has 1 fully saturated rings. The molecule has 0 spiro atoms. The Morgan fingerprint density at radius 3 is 2.83 bits per heavy atom. The van der Waals surface area contributed by atoms with Crippen LogP contribution in [0.3, 0.4) is 0 Å². The van der Waals surface area contributed by atoms with E-state index < -0.39 is 17.6 Å². The smallest absolute Gasteiger partial charge is 0.303 e. The van der Waals surface area contributed by atoms with Crippen LogP contribution in [-0.2, 0) is 9.59 Å². The summed E-state index contributed by atoms with van der Waals surface area (Å²) in [4.78, 5) is 24.3. The van der Waals surface area contributed by atoms with Gasteiger partial charge >= 0.3 is 5.97 Å². The second-order valence-corrected chi connectivity index (χ2v) is 5.64. The Morgan fingerprint density at radius 1 is 1.35 bits per heavy atom. The van der Waals surface area contributed by atoms with Crippen LogP contribution in [0.2, 0.25) is 0 Å². The number of carbonyl (C=O) groups is 2. The fourth-order valence-electron chi connectivity index (χ4n) is 2.68. The number of halogens is 2. The molecule has 0 aromatic heterocycles. The molecule has 0 saturated carbocycles. The Morgan fingerprint density at radius 2 is 2.13 bits per heavy atom. The largest absolute Gasteiger partial charge is 0.481 e. The first-order chi connectivity index (χ1) is 11.0. The van der Waals surface area contributed by atoms with Gasteiger partial charge in [0.25, 0.3) is 5.91 Å². The Bertz CT molecular complexity index is 579. The molecule has 1 heterocycles. The lowest BCUT2D eigenvalue weighted by atomic mass is 9.93. The molecule has 5 nitrogen and oxygen atoms in total. The summed E-state index contributed by atoms with van der Waals surface area (Å²) < 4.78 is 31.3. The number of likely N-dealkylation sites (tertiary alicyclic amines) is 1.